The van der Waals surface area contributed by atoms with E-state index in [1.54, 1.807) is 6.92 Å². The van der Waals surface area contributed by atoms with Gasteiger partial charge in [-0.1, -0.05) is 70.6 Å². The Balaban J connectivity index is 3.62. The Labute approximate surface area is 153 Å². The van der Waals surface area contributed by atoms with E-state index in [0.717, 1.165) is 12.8 Å². The molecule has 1 atom stereocenters. The van der Waals surface area contributed by atoms with Crippen molar-refractivity contribution in [3.05, 3.63) is 0 Å². The van der Waals surface area contributed by atoms with E-state index in [2.05, 4.69) is 12.8 Å². The Bertz CT molecular complexity index is 403. The number of carbonyl (C=O) groups excluding carboxylic acids is 2. The van der Waals surface area contributed by atoms with Crippen molar-refractivity contribution in [2.24, 2.45) is 0 Å². The van der Waals surface area contributed by atoms with Crippen LogP contribution in [0.3, 0.4) is 0 Å². The fourth-order valence-corrected chi connectivity index (χ4v) is 2.40. The Hall–Kier alpha value is -1.70. The van der Waals surface area contributed by atoms with Crippen LogP contribution >= 0.6 is 0 Å². The third-order valence-corrected chi connectivity index (χ3v) is 4.23. The SMILES string of the molecule is C#CCOC(=O)N(C)C(C)C(=O)OCCCCCCCCCCCC. The largest absolute Gasteiger partial charge is 0.464 e. The number of hydrogen-bond donors (Lipinski definition) is 0. The molecule has 1 unspecified atom stereocenters. The van der Waals surface area contributed by atoms with Gasteiger partial charge in [0, 0.05) is 7.05 Å². The first-order valence-electron chi connectivity index (χ1n) is 9.54. The Morgan fingerprint density at radius 1 is 0.960 bits per heavy atom. The van der Waals surface area contributed by atoms with Gasteiger partial charge in [-0.25, -0.2) is 9.59 Å². The van der Waals surface area contributed by atoms with Crippen LogP contribution in [0.2, 0.25) is 0 Å². The highest BCUT2D eigenvalue weighted by molar-refractivity contribution is 5.80. The monoisotopic (exact) mass is 353 g/mol. The topological polar surface area (TPSA) is 55.8 Å². The van der Waals surface area contributed by atoms with Gasteiger partial charge >= 0.3 is 12.1 Å². The van der Waals surface area contributed by atoms with Crippen LogP contribution in [0.5, 0.6) is 0 Å². The summed E-state index contributed by atoms with van der Waals surface area (Å²) in [6.07, 6.45) is 16.7. The molecular formula is C20H35NO4. The highest BCUT2D eigenvalue weighted by atomic mass is 16.6. The Kier molecular flexibility index (Phi) is 14.7. The average molecular weight is 354 g/mol. The minimum atomic E-state index is -0.687. The second-order valence-electron chi connectivity index (χ2n) is 6.40. The molecule has 0 aromatic carbocycles. The van der Waals surface area contributed by atoms with Gasteiger partial charge in [-0.3, -0.25) is 4.90 Å². The summed E-state index contributed by atoms with van der Waals surface area (Å²) in [4.78, 5) is 24.7. The number of unbranched alkanes of at least 4 members (excludes halogenated alkanes) is 9. The molecule has 0 N–H and O–H groups in total. The Morgan fingerprint density at radius 3 is 2.00 bits per heavy atom. The molecule has 0 fully saturated rings. The molecule has 5 heteroatoms. The summed E-state index contributed by atoms with van der Waals surface area (Å²) >= 11 is 0. The first-order valence-corrected chi connectivity index (χ1v) is 9.54. The summed E-state index contributed by atoms with van der Waals surface area (Å²) in [5, 5.41) is 0. The zero-order valence-electron chi connectivity index (χ0n) is 16.2. The van der Waals surface area contributed by atoms with Crippen LogP contribution in [0.1, 0.15) is 78.1 Å². The molecule has 0 heterocycles. The van der Waals surface area contributed by atoms with Crippen LogP contribution in [0, 0.1) is 12.3 Å². The third-order valence-electron chi connectivity index (χ3n) is 4.23. The van der Waals surface area contributed by atoms with Crippen molar-refractivity contribution >= 4 is 12.1 Å². The van der Waals surface area contributed by atoms with E-state index >= 15 is 0 Å². The highest BCUT2D eigenvalue weighted by Crippen LogP contribution is 2.10. The standard InChI is InChI=1S/C20H35NO4/c1-5-7-8-9-10-11-12-13-14-15-17-24-19(22)18(3)21(4)20(23)25-16-6-2/h2,18H,5,7-17H2,1,3-4H3. The normalized spacial score (nSPS) is 11.4. The number of esters is 1. The van der Waals surface area contributed by atoms with E-state index in [9.17, 15) is 9.59 Å². The lowest BCUT2D eigenvalue weighted by molar-refractivity contribution is -0.148. The quantitative estimate of drug-likeness (QED) is 0.261. The van der Waals surface area contributed by atoms with Crippen molar-refractivity contribution in [1.82, 2.24) is 4.90 Å². The molecule has 0 aromatic heterocycles. The molecule has 25 heavy (non-hydrogen) atoms. The zero-order chi connectivity index (χ0) is 18.9. The van der Waals surface area contributed by atoms with Crippen LogP contribution < -0.4 is 0 Å². The van der Waals surface area contributed by atoms with Gasteiger partial charge in [-0.05, 0) is 13.3 Å². The minimum Gasteiger partial charge on any atom is -0.464 e. The summed E-state index contributed by atoms with van der Waals surface area (Å²) in [6.45, 7) is 4.13. The number of hydrogen-bond acceptors (Lipinski definition) is 4. The van der Waals surface area contributed by atoms with Gasteiger partial charge in [0.1, 0.15) is 6.04 Å². The van der Waals surface area contributed by atoms with Gasteiger partial charge in [0.25, 0.3) is 0 Å². The first kappa shape index (κ1) is 23.3. The number of likely N-dealkylation sites (N-methyl/N-ethyl adjacent to an activating group) is 1. The molecule has 0 rings (SSSR count). The molecular weight excluding hydrogens is 318 g/mol. The number of ether oxygens (including phenoxy) is 2. The summed E-state index contributed by atoms with van der Waals surface area (Å²) in [5.41, 5.74) is 0. The molecule has 0 aliphatic heterocycles. The van der Waals surface area contributed by atoms with Crippen molar-refractivity contribution in [3.8, 4) is 12.3 Å². The predicted octanol–water partition coefficient (Wildman–Crippen LogP) is 4.54. The molecule has 0 aliphatic carbocycles. The molecule has 0 saturated heterocycles. The minimum absolute atomic E-state index is 0.108. The molecule has 0 aliphatic rings. The lowest BCUT2D eigenvalue weighted by Crippen LogP contribution is -2.41. The van der Waals surface area contributed by atoms with Gasteiger partial charge in [0.05, 0.1) is 6.61 Å². The third kappa shape index (κ3) is 12.3. The molecule has 5 nitrogen and oxygen atoms in total. The fraction of sp³-hybridized carbons (Fsp3) is 0.800. The second kappa shape index (κ2) is 15.8. The lowest BCUT2D eigenvalue weighted by atomic mass is 10.1. The summed E-state index contributed by atoms with van der Waals surface area (Å²) in [6, 6.07) is -0.687. The van der Waals surface area contributed by atoms with Crippen LogP contribution in [0.25, 0.3) is 0 Å². The van der Waals surface area contributed by atoms with Gasteiger partial charge in [0.2, 0.25) is 0 Å². The first-order chi connectivity index (χ1) is 12.0. The highest BCUT2D eigenvalue weighted by Gasteiger charge is 2.24. The number of rotatable bonds is 14. The van der Waals surface area contributed by atoms with Crippen LogP contribution in [-0.2, 0) is 14.3 Å². The van der Waals surface area contributed by atoms with E-state index in [-0.39, 0.29) is 6.61 Å². The molecule has 144 valence electrons. The summed E-state index contributed by atoms with van der Waals surface area (Å²) < 4.78 is 10.0. The molecule has 0 aromatic rings. The predicted molar refractivity (Wildman–Crippen MR) is 100 cm³/mol. The van der Waals surface area contributed by atoms with Crippen LogP contribution in [-0.4, -0.2) is 43.3 Å². The zero-order valence-corrected chi connectivity index (χ0v) is 16.2. The van der Waals surface area contributed by atoms with Crippen molar-refractivity contribution in [3.63, 3.8) is 0 Å². The molecule has 1 amide bonds. The number of carbonyl (C=O) groups is 2. The summed E-state index contributed by atoms with van der Waals surface area (Å²) in [5.74, 6) is 1.79. The van der Waals surface area contributed by atoms with Crippen LogP contribution in [0.4, 0.5) is 4.79 Å². The fourth-order valence-electron chi connectivity index (χ4n) is 2.40. The maximum absolute atomic E-state index is 11.9. The van der Waals surface area contributed by atoms with Gasteiger partial charge < -0.3 is 9.47 Å². The molecule has 0 spiro atoms. The molecule has 0 bridgehead atoms. The van der Waals surface area contributed by atoms with Crippen molar-refractivity contribution in [2.45, 2.75) is 84.1 Å². The number of amides is 1. The van der Waals surface area contributed by atoms with Crippen molar-refractivity contribution in [2.75, 3.05) is 20.3 Å². The molecule has 0 saturated carbocycles. The van der Waals surface area contributed by atoms with Gasteiger partial charge in [-0.15, -0.1) is 6.42 Å². The van der Waals surface area contributed by atoms with Gasteiger partial charge in [-0.2, -0.15) is 0 Å². The van der Waals surface area contributed by atoms with Crippen molar-refractivity contribution in [1.29, 1.82) is 0 Å². The maximum Gasteiger partial charge on any atom is 0.411 e. The lowest BCUT2D eigenvalue weighted by Gasteiger charge is -2.22. The summed E-state index contributed by atoms with van der Waals surface area (Å²) in [7, 11) is 1.49. The van der Waals surface area contributed by atoms with E-state index in [1.807, 2.05) is 0 Å². The van der Waals surface area contributed by atoms with E-state index in [0.29, 0.717) is 6.61 Å². The smallest absolute Gasteiger partial charge is 0.411 e. The number of terminal acetylenes is 1. The maximum atomic E-state index is 11.9. The van der Waals surface area contributed by atoms with E-state index in [4.69, 9.17) is 15.9 Å². The van der Waals surface area contributed by atoms with Crippen LogP contribution in [0.15, 0.2) is 0 Å². The molecule has 0 radical (unpaired) electrons. The van der Waals surface area contributed by atoms with Gasteiger partial charge in [0.15, 0.2) is 6.61 Å². The van der Waals surface area contributed by atoms with E-state index < -0.39 is 18.1 Å². The second-order valence-corrected chi connectivity index (χ2v) is 6.40. The number of nitrogens with zero attached hydrogens (tertiary/aromatic N) is 1. The van der Waals surface area contributed by atoms with E-state index in [1.165, 1.54) is 63.3 Å². The van der Waals surface area contributed by atoms with Crippen molar-refractivity contribution < 1.29 is 19.1 Å². The Morgan fingerprint density at radius 2 is 1.48 bits per heavy atom. The average Bonchev–Trinajstić information content (AvgIpc) is 2.62.